The molecule has 0 saturated heterocycles. The first kappa shape index (κ1) is 11.1. The highest BCUT2D eigenvalue weighted by molar-refractivity contribution is 5.28. The van der Waals surface area contributed by atoms with Crippen molar-refractivity contribution in [2.24, 2.45) is 5.92 Å². The molecule has 1 N–H and O–H groups in total. The molecule has 1 heterocycles. The van der Waals surface area contributed by atoms with Gasteiger partial charge in [0, 0.05) is 25.0 Å². The fourth-order valence-corrected chi connectivity index (χ4v) is 3.32. The third kappa shape index (κ3) is 2.64. The van der Waals surface area contributed by atoms with E-state index in [1.807, 2.05) is 6.20 Å². The Bertz CT molecular complexity index is 314. The fraction of sp³-hybridized carbons (Fsp3) is 0.786. The van der Waals surface area contributed by atoms with Crippen molar-refractivity contribution in [3.8, 4) is 0 Å². The molecule has 0 amide bonds. The summed E-state index contributed by atoms with van der Waals surface area (Å²) < 4.78 is 2.33. The molecule has 2 fully saturated rings. The molecule has 17 heavy (non-hydrogen) atoms. The number of nitrogens with one attached hydrogen (secondary N) is 1. The van der Waals surface area contributed by atoms with Gasteiger partial charge in [-0.3, -0.25) is 0 Å². The van der Waals surface area contributed by atoms with Crippen molar-refractivity contribution in [1.29, 1.82) is 0 Å². The minimum absolute atomic E-state index is 0.666. The van der Waals surface area contributed by atoms with Gasteiger partial charge in [-0.15, -0.1) is 0 Å². The molecular weight excluding hydrogens is 210 g/mol. The van der Waals surface area contributed by atoms with E-state index in [1.165, 1.54) is 51.4 Å². The molecule has 0 atom stereocenters. The van der Waals surface area contributed by atoms with Crippen molar-refractivity contribution < 1.29 is 0 Å². The van der Waals surface area contributed by atoms with Crippen molar-refractivity contribution >= 4 is 5.95 Å². The van der Waals surface area contributed by atoms with Crippen LogP contribution in [0, 0.1) is 5.92 Å². The van der Waals surface area contributed by atoms with E-state index in [2.05, 4.69) is 21.1 Å². The number of nitrogens with zero attached hydrogens (tertiary/aromatic N) is 2. The van der Waals surface area contributed by atoms with Gasteiger partial charge in [-0.05, 0) is 31.6 Å². The zero-order chi connectivity index (χ0) is 11.5. The Balaban J connectivity index is 1.61. The molecule has 1 aromatic heterocycles. The predicted molar refractivity (Wildman–Crippen MR) is 70.1 cm³/mol. The summed E-state index contributed by atoms with van der Waals surface area (Å²) in [5.41, 5.74) is 0. The molecule has 0 unspecified atom stereocenters. The second-order valence-corrected chi connectivity index (χ2v) is 5.68. The minimum Gasteiger partial charge on any atom is -0.353 e. The van der Waals surface area contributed by atoms with Crippen LogP contribution in [0.5, 0.6) is 0 Å². The first-order valence-electron chi connectivity index (χ1n) is 7.19. The van der Waals surface area contributed by atoms with Gasteiger partial charge in [0.1, 0.15) is 0 Å². The maximum Gasteiger partial charge on any atom is 0.202 e. The second kappa shape index (κ2) is 5.11. The van der Waals surface area contributed by atoms with Crippen molar-refractivity contribution in [3.63, 3.8) is 0 Å². The number of hydrogen-bond donors (Lipinski definition) is 1. The van der Waals surface area contributed by atoms with Gasteiger partial charge >= 0.3 is 0 Å². The Morgan fingerprint density at radius 2 is 1.82 bits per heavy atom. The van der Waals surface area contributed by atoms with Crippen molar-refractivity contribution in [3.05, 3.63) is 12.4 Å². The van der Waals surface area contributed by atoms with Gasteiger partial charge in [0.05, 0.1) is 0 Å². The Hall–Kier alpha value is -0.990. The Labute approximate surface area is 104 Å². The summed E-state index contributed by atoms with van der Waals surface area (Å²) in [6.45, 7) is 1.16. The van der Waals surface area contributed by atoms with Gasteiger partial charge in [-0.25, -0.2) is 4.98 Å². The summed E-state index contributed by atoms with van der Waals surface area (Å²) in [6, 6.07) is 0.666. The lowest BCUT2D eigenvalue weighted by molar-refractivity contribution is 0.458. The zero-order valence-electron chi connectivity index (χ0n) is 10.6. The van der Waals surface area contributed by atoms with Crippen molar-refractivity contribution in [2.75, 3.05) is 5.32 Å². The first-order chi connectivity index (χ1) is 8.42. The van der Waals surface area contributed by atoms with Gasteiger partial charge in [0.15, 0.2) is 0 Å². The first-order valence-corrected chi connectivity index (χ1v) is 7.19. The number of hydrogen-bond acceptors (Lipinski definition) is 2. The third-order valence-electron chi connectivity index (χ3n) is 4.33. The molecule has 3 heteroatoms. The van der Waals surface area contributed by atoms with E-state index in [0.717, 1.165) is 18.4 Å². The van der Waals surface area contributed by atoms with Crippen LogP contribution in [0.2, 0.25) is 0 Å². The Morgan fingerprint density at radius 1 is 1.12 bits per heavy atom. The maximum absolute atomic E-state index is 4.47. The van der Waals surface area contributed by atoms with Crippen LogP contribution >= 0.6 is 0 Å². The van der Waals surface area contributed by atoms with E-state index in [1.54, 1.807) is 0 Å². The zero-order valence-corrected chi connectivity index (χ0v) is 10.6. The number of anilines is 1. The van der Waals surface area contributed by atoms with Crippen LogP contribution in [0.1, 0.15) is 51.4 Å². The van der Waals surface area contributed by atoms with E-state index in [9.17, 15) is 0 Å². The van der Waals surface area contributed by atoms with Crippen molar-refractivity contribution in [2.45, 2.75) is 64.0 Å². The summed E-state index contributed by atoms with van der Waals surface area (Å²) in [7, 11) is 0. The number of aromatic nitrogens is 2. The highest BCUT2D eigenvalue weighted by atomic mass is 15.2. The van der Waals surface area contributed by atoms with Crippen LogP contribution in [0.3, 0.4) is 0 Å². The third-order valence-corrected chi connectivity index (χ3v) is 4.33. The molecule has 3 nitrogen and oxygen atoms in total. The molecule has 0 spiro atoms. The average molecular weight is 233 g/mol. The van der Waals surface area contributed by atoms with Gasteiger partial charge in [-0.1, -0.05) is 25.7 Å². The Kier molecular flexibility index (Phi) is 3.34. The molecular formula is C14H23N3. The smallest absolute Gasteiger partial charge is 0.202 e. The maximum atomic E-state index is 4.47. The molecule has 0 bridgehead atoms. The van der Waals surface area contributed by atoms with E-state index >= 15 is 0 Å². The van der Waals surface area contributed by atoms with Crippen LogP contribution in [-0.4, -0.2) is 15.6 Å². The molecule has 2 aliphatic carbocycles. The fourth-order valence-electron chi connectivity index (χ4n) is 3.32. The topological polar surface area (TPSA) is 29.9 Å². The predicted octanol–water partition coefficient (Wildman–Crippen LogP) is 3.43. The summed E-state index contributed by atoms with van der Waals surface area (Å²) >= 11 is 0. The standard InChI is InChI=1S/C14H23N3/c1-2-6-12(5-1)11-17-10-9-15-14(17)16-13-7-3-4-8-13/h9-10,12-13H,1-8,11H2,(H,15,16). The highest BCUT2D eigenvalue weighted by Gasteiger charge is 2.19. The molecule has 3 rings (SSSR count). The molecule has 2 saturated carbocycles. The van der Waals surface area contributed by atoms with Gasteiger partial charge in [0.2, 0.25) is 5.95 Å². The lowest BCUT2D eigenvalue weighted by Gasteiger charge is -2.17. The molecule has 94 valence electrons. The van der Waals surface area contributed by atoms with Crippen molar-refractivity contribution in [1.82, 2.24) is 9.55 Å². The van der Waals surface area contributed by atoms with Crippen LogP contribution < -0.4 is 5.32 Å². The Morgan fingerprint density at radius 3 is 2.59 bits per heavy atom. The van der Waals surface area contributed by atoms with Gasteiger partial charge in [0.25, 0.3) is 0 Å². The number of rotatable bonds is 4. The van der Waals surface area contributed by atoms with Crippen LogP contribution in [0.15, 0.2) is 12.4 Å². The number of imidazole rings is 1. The molecule has 0 radical (unpaired) electrons. The second-order valence-electron chi connectivity index (χ2n) is 5.68. The normalized spacial score (nSPS) is 22.4. The molecule has 0 aliphatic heterocycles. The molecule has 2 aliphatic rings. The lowest BCUT2D eigenvalue weighted by atomic mass is 10.1. The summed E-state index contributed by atoms with van der Waals surface area (Å²) in [5, 5.41) is 3.62. The van der Waals surface area contributed by atoms with Gasteiger partial charge < -0.3 is 9.88 Å². The SMILES string of the molecule is c1cn(CC2CCCC2)c(NC2CCCC2)n1. The van der Waals surface area contributed by atoms with Crippen LogP contribution in [0.4, 0.5) is 5.95 Å². The average Bonchev–Trinajstić information content (AvgIpc) is 3.04. The van der Waals surface area contributed by atoms with Crippen LogP contribution in [0.25, 0.3) is 0 Å². The van der Waals surface area contributed by atoms with E-state index < -0.39 is 0 Å². The highest BCUT2D eigenvalue weighted by Crippen LogP contribution is 2.28. The van der Waals surface area contributed by atoms with E-state index in [-0.39, 0.29) is 0 Å². The monoisotopic (exact) mass is 233 g/mol. The minimum atomic E-state index is 0.666. The molecule has 1 aromatic rings. The molecule has 0 aromatic carbocycles. The quantitative estimate of drug-likeness (QED) is 0.863. The summed E-state index contributed by atoms with van der Waals surface area (Å²) in [4.78, 5) is 4.47. The summed E-state index contributed by atoms with van der Waals surface area (Å²) in [6.07, 6.45) is 15.1. The van der Waals surface area contributed by atoms with Gasteiger partial charge in [-0.2, -0.15) is 0 Å². The largest absolute Gasteiger partial charge is 0.353 e. The van der Waals surface area contributed by atoms with E-state index in [0.29, 0.717) is 6.04 Å². The van der Waals surface area contributed by atoms with E-state index in [4.69, 9.17) is 0 Å². The lowest BCUT2D eigenvalue weighted by Crippen LogP contribution is -2.19. The summed E-state index contributed by atoms with van der Waals surface area (Å²) in [5.74, 6) is 1.98. The van der Waals surface area contributed by atoms with Crippen LogP contribution in [-0.2, 0) is 6.54 Å².